The number of benzene rings is 1. The normalized spacial score (nSPS) is 17.5. The van der Waals surface area contributed by atoms with Crippen LogP contribution in [-0.4, -0.2) is 103 Å². The van der Waals surface area contributed by atoms with Gasteiger partial charge in [0, 0.05) is 49.9 Å². The van der Waals surface area contributed by atoms with Crippen LogP contribution in [0.3, 0.4) is 0 Å². The molecule has 3 aromatic heterocycles. The molecule has 2 fully saturated rings. The number of rotatable bonds is 12. The standard InChI is InChI=1S/C45H52F4N8O7/c1-43(2,3)64-38(58)10-9-34(39(50)59)57-41(61)27-19-30(46)35(20-28(27)42(57)62)55-17-11-25(12-18-55)22-54-15-13-26(14-16-54)32-23-56-24-33(29(44(4,5)63)21-37(56)52-32)53-40(60)31-7-6-8-36(51-31)45(47,48)49/h6-8,19-21,23-26,34,63H,9-18,22H2,1-5H3,(H2,50,59)(H,53,60)/t34-/m0/s1. The fraction of sp³-hybridized carbons (Fsp3) is 0.489. The lowest BCUT2D eigenvalue weighted by molar-refractivity contribution is -0.155. The second kappa shape index (κ2) is 17.6. The van der Waals surface area contributed by atoms with Crippen molar-refractivity contribution in [2.45, 2.75) is 102 Å². The van der Waals surface area contributed by atoms with Crippen molar-refractivity contribution in [2.75, 3.05) is 42.9 Å². The second-order valence-electron chi connectivity index (χ2n) is 18.3. The summed E-state index contributed by atoms with van der Waals surface area (Å²) >= 11 is 0. The number of aliphatic hydroxyl groups is 1. The number of alkyl halides is 3. The Hall–Kier alpha value is -5.95. The van der Waals surface area contributed by atoms with Gasteiger partial charge in [-0.2, -0.15) is 13.2 Å². The van der Waals surface area contributed by atoms with E-state index in [1.807, 2.05) is 11.1 Å². The van der Waals surface area contributed by atoms with Gasteiger partial charge in [0.2, 0.25) is 5.91 Å². The van der Waals surface area contributed by atoms with Crippen molar-refractivity contribution in [3.8, 4) is 0 Å². The van der Waals surface area contributed by atoms with Crippen molar-refractivity contribution >= 4 is 46.6 Å². The van der Waals surface area contributed by atoms with Crippen molar-refractivity contribution in [1.29, 1.82) is 0 Å². The van der Waals surface area contributed by atoms with Gasteiger partial charge in [0.1, 0.15) is 34.5 Å². The zero-order valence-corrected chi connectivity index (χ0v) is 36.3. The fourth-order valence-electron chi connectivity index (χ4n) is 8.73. The fourth-order valence-corrected chi connectivity index (χ4v) is 8.73. The first kappa shape index (κ1) is 46.1. The molecule has 0 radical (unpaired) electrons. The van der Waals surface area contributed by atoms with Crippen LogP contribution in [0.5, 0.6) is 0 Å². The van der Waals surface area contributed by atoms with Crippen molar-refractivity contribution in [1.82, 2.24) is 24.2 Å². The number of halogens is 4. The molecule has 342 valence electrons. The Kier molecular flexibility index (Phi) is 12.6. The van der Waals surface area contributed by atoms with Gasteiger partial charge < -0.3 is 35.1 Å². The van der Waals surface area contributed by atoms with Gasteiger partial charge in [-0.25, -0.2) is 14.4 Å². The number of amides is 4. The molecular weight excluding hydrogens is 841 g/mol. The number of imide groups is 1. The highest BCUT2D eigenvalue weighted by Gasteiger charge is 2.44. The summed E-state index contributed by atoms with van der Waals surface area (Å²) in [5.74, 6) is -4.28. The molecule has 6 heterocycles. The number of pyridine rings is 2. The number of nitrogens with two attached hydrogens (primary N) is 1. The number of esters is 1. The van der Waals surface area contributed by atoms with Crippen molar-refractivity contribution in [3.63, 3.8) is 0 Å². The summed E-state index contributed by atoms with van der Waals surface area (Å²) in [6.45, 7) is 11.6. The maximum Gasteiger partial charge on any atom is 0.433 e. The van der Waals surface area contributed by atoms with Crippen LogP contribution in [0.4, 0.5) is 28.9 Å². The molecule has 7 rings (SSSR count). The minimum atomic E-state index is -4.72. The number of anilines is 2. The van der Waals surface area contributed by atoms with Gasteiger partial charge in [0.05, 0.1) is 33.8 Å². The lowest BCUT2D eigenvalue weighted by atomic mass is 9.91. The molecule has 0 saturated carbocycles. The molecule has 64 heavy (non-hydrogen) atoms. The van der Waals surface area contributed by atoms with E-state index in [-0.39, 0.29) is 41.3 Å². The van der Waals surface area contributed by atoms with Gasteiger partial charge in [-0.3, -0.25) is 28.9 Å². The average Bonchev–Trinajstić information content (AvgIpc) is 3.73. The minimum Gasteiger partial charge on any atom is -0.460 e. The van der Waals surface area contributed by atoms with Crippen LogP contribution in [-0.2, 0) is 26.1 Å². The highest BCUT2D eigenvalue weighted by atomic mass is 19.4. The first-order valence-corrected chi connectivity index (χ1v) is 21.3. The Morgan fingerprint density at radius 1 is 0.922 bits per heavy atom. The molecule has 19 heteroatoms. The Labute approximate surface area is 366 Å². The number of carbonyl (C=O) groups excluding carboxylic acids is 5. The van der Waals surface area contributed by atoms with E-state index < -0.39 is 70.2 Å². The number of fused-ring (bicyclic) bond motifs is 2. The summed E-state index contributed by atoms with van der Waals surface area (Å²) in [5.41, 5.74) is 3.65. The monoisotopic (exact) mass is 892 g/mol. The summed E-state index contributed by atoms with van der Waals surface area (Å²) in [5, 5.41) is 13.6. The van der Waals surface area contributed by atoms with E-state index in [2.05, 4.69) is 15.2 Å². The number of piperidine rings is 2. The minimum absolute atomic E-state index is 0.0306. The van der Waals surface area contributed by atoms with Gasteiger partial charge >= 0.3 is 12.1 Å². The maximum absolute atomic E-state index is 15.6. The van der Waals surface area contributed by atoms with Gasteiger partial charge in [-0.15, -0.1) is 0 Å². The Balaban J connectivity index is 0.943. The van der Waals surface area contributed by atoms with Crippen LogP contribution in [0.15, 0.2) is 48.8 Å². The summed E-state index contributed by atoms with van der Waals surface area (Å²) in [4.78, 5) is 78.1. The highest BCUT2D eigenvalue weighted by molar-refractivity contribution is 6.23. The molecule has 4 N–H and O–H groups in total. The molecule has 3 aliphatic heterocycles. The van der Waals surface area contributed by atoms with Gasteiger partial charge in [-0.1, -0.05) is 6.07 Å². The van der Waals surface area contributed by atoms with Gasteiger partial charge in [0.25, 0.3) is 17.7 Å². The first-order valence-electron chi connectivity index (χ1n) is 21.3. The van der Waals surface area contributed by atoms with Crippen LogP contribution in [0.2, 0.25) is 0 Å². The van der Waals surface area contributed by atoms with E-state index in [4.69, 9.17) is 15.5 Å². The smallest absolute Gasteiger partial charge is 0.433 e. The summed E-state index contributed by atoms with van der Waals surface area (Å²) in [6.07, 6.45) is 1.41. The zero-order chi connectivity index (χ0) is 46.5. The SMILES string of the molecule is CC(C)(C)OC(=O)CC[C@@H](C(N)=O)N1C(=O)c2cc(F)c(N3CCC(CN4CCC(c5cn6cc(NC(=O)c7cccc(C(F)(F)F)n7)c(C(C)(C)O)cc6n5)CC4)CC3)cc2C1=O. The molecule has 4 amide bonds. The second-order valence-corrected chi connectivity index (χ2v) is 18.3. The molecular formula is C45H52F4N8O7. The molecule has 1 atom stereocenters. The largest absolute Gasteiger partial charge is 0.460 e. The Morgan fingerprint density at radius 2 is 1.58 bits per heavy atom. The highest BCUT2D eigenvalue weighted by Crippen LogP contribution is 2.36. The van der Waals surface area contributed by atoms with E-state index in [9.17, 15) is 42.3 Å². The van der Waals surface area contributed by atoms with E-state index in [1.165, 1.54) is 26.0 Å². The summed E-state index contributed by atoms with van der Waals surface area (Å²) < 4.78 is 62.5. The van der Waals surface area contributed by atoms with E-state index in [1.54, 1.807) is 37.4 Å². The number of aromatic nitrogens is 3. The topological polar surface area (TPSA) is 193 Å². The number of ether oxygens (including phenoxy) is 1. The molecule has 4 aromatic rings. The third-order valence-electron chi connectivity index (χ3n) is 11.9. The van der Waals surface area contributed by atoms with Crippen molar-refractivity contribution in [3.05, 3.63) is 88.4 Å². The number of primary amides is 1. The predicted molar refractivity (Wildman–Crippen MR) is 226 cm³/mol. The first-order chi connectivity index (χ1) is 30.0. The number of nitrogens with zero attached hydrogens (tertiary/aromatic N) is 6. The molecule has 1 aromatic carbocycles. The van der Waals surface area contributed by atoms with Crippen molar-refractivity contribution in [2.24, 2.45) is 11.7 Å². The summed E-state index contributed by atoms with van der Waals surface area (Å²) in [7, 11) is 0. The van der Waals surface area contributed by atoms with Crippen LogP contribution in [0.1, 0.15) is 127 Å². The number of carbonyl (C=O) groups is 5. The van der Waals surface area contributed by atoms with Crippen molar-refractivity contribution < 1.29 is 51.4 Å². The number of hydrogen-bond acceptors (Lipinski definition) is 11. The van der Waals surface area contributed by atoms with Crippen LogP contribution < -0.4 is 16.0 Å². The Morgan fingerprint density at radius 3 is 2.19 bits per heavy atom. The lowest BCUT2D eigenvalue weighted by Gasteiger charge is -2.38. The third-order valence-corrected chi connectivity index (χ3v) is 11.9. The molecule has 0 bridgehead atoms. The molecule has 3 aliphatic rings. The predicted octanol–water partition coefficient (Wildman–Crippen LogP) is 6.03. The van der Waals surface area contributed by atoms with E-state index in [0.29, 0.717) is 35.1 Å². The Bertz CT molecular complexity index is 2480. The zero-order valence-electron chi connectivity index (χ0n) is 36.3. The molecule has 2 saturated heterocycles. The molecule has 0 spiro atoms. The van der Waals surface area contributed by atoms with Crippen LogP contribution >= 0.6 is 0 Å². The molecule has 0 unspecified atom stereocenters. The number of nitrogens with one attached hydrogen (secondary N) is 1. The average molecular weight is 893 g/mol. The maximum atomic E-state index is 15.6. The summed E-state index contributed by atoms with van der Waals surface area (Å²) in [6, 6.07) is 5.69. The lowest BCUT2D eigenvalue weighted by Crippen LogP contribution is -2.48. The number of likely N-dealkylation sites (tertiary alicyclic amines) is 1. The van der Waals surface area contributed by atoms with E-state index in [0.717, 1.165) is 69.2 Å². The van der Waals surface area contributed by atoms with Gasteiger partial charge in [0.15, 0.2) is 0 Å². The van der Waals surface area contributed by atoms with Crippen LogP contribution in [0.25, 0.3) is 5.65 Å². The quantitative estimate of drug-likeness (QED) is 0.0854. The molecule has 0 aliphatic carbocycles. The number of imidazole rings is 1. The van der Waals surface area contributed by atoms with Crippen LogP contribution in [0, 0.1) is 11.7 Å². The van der Waals surface area contributed by atoms with Gasteiger partial charge in [-0.05, 0) is 116 Å². The number of hydrogen-bond donors (Lipinski definition) is 3. The van der Waals surface area contributed by atoms with E-state index >= 15 is 4.39 Å². The molecule has 15 nitrogen and oxygen atoms in total. The third kappa shape index (κ3) is 10.0.